The van der Waals surface area contributed by atoms with Gasteiger partial charge in [-0.25, -0.2) is 0 Å². The van der Waals surface area contributed by atoms with E-state index in [1.54, 1.807) is 6.07 Å². The van der Waals surface area contributed by atoms with Crippen molar-refractivity contribution in [3.63, 3.8) is 0 Å². The number of benzene rings is 2. The Morgan fingerprint density at radius 3 is 2.27 bits per heavy atom. The molecule has 2 nitrogen and oxygen atoms in total. The van der Waals surface area contributed by atoms with Gasteiger partial charge < -0.3 is 8.17 Å². The fraction of sp³-hybridized carbons (Fsp3) is 0. The molecule has 0 saturated carbocycles. The van der Waals surface area contributed by atoms with Gasteiger partial charge in [-0.05, 0) is 66.9 Å². The van der Waals surface area contributed by atoms with Crippen molar-refractivity contribution in [1.82, 2.24) is 0 Å². The van der Waals surface area contributed by atoms with Crippen LogP contribution in [-0.2, 0) is 0 Å². The van der Waals surface area contributed by atoms with E-state index in [1.165, 1.54) is 0 Å². The molecule has 1 N–H and O–H groups in total. The van der Waals surface area contributed by atoms with Gasteiger partial charge in [0.25, 0.3) is 0 Å². The maximum atomic E-state index is 9.55. The molecule has 0 aliphatic heterocycles. The van der Waals surface area contributed by atoms with Gasteiger partial charge in [-0.3, -0.25) is 0 Å². The number of aromatic hydroxyl groups is 1. The van der Waals surface area contributed by atoms with Crippen LogP contribution in [0.4, 0.5) is 0 Å². The molecule has 2 rings (SSSR count). The van der Waals surface area contributed by atoms with Gasteiger partial charge in [0.05, 0.1) is 8.95 Å². The second-order valence-corrected chi connectivity index (χ2v) is 5.16. The SMILES string of the molecule is Oc1cc2cc(OI)c(Br)cc2cc1Br. The molecule has 0 aliphatic carbocycles. The molecule has 0 heterocycles. The quantitative estimate of drug-likeness (QED) is 0.642. The summed E-state index contributed by atoms with van der Waals surface area (Å²) in [7, 11) is 0. The minimum Gasteiger partial charge on any atom is -0.507 e. The molecule has 0 spiro atoms. The fourth-order valence-corrected chi connectivity index (χ4v) is 2.79. The van der Waals surface area contributed by atoms with Crippen molar-refractivity contribution >= 4 is 65.6 Å². The molecule has 0 unspecified atom stereocenters. The van der Waals surface area contributed by atoms with Crippen LogP contribution in [0.25, 0.3) is 10.8 Å². The second kappa shape index (κ2) is 4.47. The van der Waals surface area contributed by atoms with Crippen LogP contribution in [0.5, 0.6) is 11.5 Å². The molecular weight excluding hydrogens is 439 g/mol. The van der Waals surface area contributed by atoms with Crippen molar-refractivity contribution in [1.29, 1.82) is 0 Å². The molecule has 0 aliphatic rings. The Hall–Kier alpha value is -0.0100. The Bertz CT molecular complexity index is 528. The smallest absolute Gasteiger partial charge is 0.192 e. The molecule has 0 fully saturated rings. The van der Waals surface area contributed by atoms with E-state index in [-0.39, 0.29) is 5.75 Å². The Labute approximate surface area is 118 Å². The van der Waals surface area contributed by atoms with Crippen molar-refractivity contribution in [3.8, 4) is 11.5 Å². The topological polar surface area (TPSA) is 29.5 Å². The van der Waals surface area contributed by atoms with Gasteiger partial charge in [0.15, 0.2) is 23.0 Å². The fourth-order valence-electron chi connectivity index (χ4n) is 1.32. The molecular formula is C10H5Br2IO2. The van der Waals surface area contributed by atoms with E-state index in [0.29, 0.717) is 4.47 Å². The predicted octanol–water partition coefficient (Wildman–Crippen LogP) is 4.80. The summed E-state index contributed by atoms with van der Waals surface area (Å²) in [5.74, 6) is 0.967. The van der Waals surface area contributed by atoms with Crippen LogP contribution in [-0.4, -0.2) is 5.11 Å². The lowest BCUT2D eigenvalue weighted by Crippen LogP contribution is -1.80. The first kappa shape index (κ1) is 11.5. The molecule has 0 atom stereocenters. The highest BCUT2D eigenvalue weighted by atomic mass is 127. The first-order valence-electron chi connectivity index (χ1n) is 4.02. The third kappa shape index (κ3) is 2.24. The van der Waals surface area contributed by atoms with Gasteiger partial charge in [-0.2, -0.15) is 0 Å². The van der Waals surface area contributed by atoms with E-state index in [9.17, 15) is 5.11 Å². The zero-order valence-electron chi connectivity index (χ0n) is 7.30. The average Bonchev–Trinajstić information content (AvgIpc) is 2.20. The third-order valence-corrected chi connectivity index (χ3v) is 3.77. The number of hydrogen-bond acceptors (Lipinski definition) is 2. The first-order chi connectivity index (χ1) is 7.11. The molecule has 2 aromatic rings. The molecule has 0 radical (unpaired) electrons. The van der Waals surface area contributed by atoms with Crippen LogP contribution in [0, 0.1) is 0 Å². The zero-order valence-corrected chi connectivity index (χ0v) is 12.6. The van der Waals surface area contributed by atoms with Crippen molar-refractivity contribution in [3.05, 3.63) is 33.2 Å². The molecule has 0 saturated heterocycles. The van der Waals surface area contributed by atoms with Gasteiger partial charge >= 0.3 is 0 Å². The average molecular weight is 444 g/mol. The van der Waals surface area contributed by atoms with Crippen LogP contribution < -0.4 is 3.07 Å². The highest BCUT2D eigenvalue weighted by Crippen LogP contribution is 2.35. The van der Waals surface area contributed by atoms with Crippen molar-refractivity contribution in [2.45, 2.75) is 0 Å². The summed E-state index contributed by atoms with van der Waals surface area (Å²) in [6.07, 6.45) is 0. The van der Waals surface area contributed by atoms with Gasteiger partial charge in [0.2, 0.25) is 0 Å². The van der Waals surface area contributed by atoms with E-state index in [4.69, 9.17) is 3.07 Å². The Kier molecular flexibility index (Phi) is 3.42. The highest BCUT2D eigenvalue weighted by Gasteiger charge is 2.06. The summed E-state index contributed by atoms with van der Waals surface area (Å²) >= 11 is 8.52. The Morgan fingerprint density at radius 2 is 1.60 bits per heavy atom. The first-order valence-corrected chi connectivity index (χ1v) is 6.49. The molecule has 0 amide bonds. The predicted molar refractivity (Wildman–Crippen MR) is 75.7 cm³/mol. The van der Waals surface area contributed by atoms with Gasteiger partial charge in [0, 0.05) is 0 Å². The molecule has 5 heteroatoms. The van der Waals surface area contributed by atoms with E-state index in [1.807, 2.05) is 41.2 Å². The van der Waals surface area contributed by atoms with Crippen LogP contribution in [0.1, 0.15) is 0 Å². The highest BCUT2D eigenvalue weighted by molar-refractivity contribution is 14.1. The largest absolute Gasteiger partial charge is 0.507 e. The summed E-state index contributed by atoms with van der Waals surface area (Å²) < 4.78 is 6.73. The lowest BCUT2D eigenvalue weighted by molar-refractivity contribution is 0.473. The number of hydrogen-bond donors (Lipinski definition) is 1. The summed E-state index contributed by atoms with van der Waals surface area (Å²) in [5, 5.41) is 11.5. The summed E-state index contributed by atoms with van der Waals surface area (Å²) in [4.78, 5) is 0. The zero-order chi connectivity index (χ0) is 11.0. The van der Waals surface area contributed by atoms with Crippen LogP contribution >= 0.6 is 54.9 Å². The van der Waals surface area contributed by atoms with Gasteiger partial charge in [-0.15, -0.1) is 0 Å². The number of phenolic OH excluding ortho intramolecular Hbond substituents is 1. The Morgan fingerprint density at radius 1 is 1.00 bits per heavy atom. The van der Waals surface area contributed by atoms with Gasteiger partial charge in [0.1, 0.15) is 11.5 Å². The number of rotatable bonds is 1. The van der Waals surface area contributed by atoms with E-state index < -0.39 is 0 Å². The van der Waals surface area contributed by atoms with Crippen molar-refractivity contribution in [2.24, 2.45) is 0 Å². The molecule has 2 aromatic carbocycles. The standard InChI is InChI=1S/C10H5Br2IO2/c11-7-1-5-2-8(12)10(15-13)4-6(5)3-9(7)14/h1-4,14H. The molecule has 0 aromatic heterocycles. The normalized spacial score (nSPS) is 10.6. The third-order valence-electron chi connectivity index (χ3n) is 2.04. The van der Waals surface area contributed by atoms with E-state index in [0.717, 1.165) is 21.0 Å². The number of phenols is 1. The molecule has 78 valence electrons. The second-order valence-electron chi connectivity index (χ2n) is 3.01. The molecule has 15 heavy (non-hydrogen) atoms. The lowest BCUT2D eigenvalue weighted by atomic mass is 10.1. The Balaban J connectivity index is 2.76. The minimum atomic E-state index is 0.226. The van der Waals surface area contributed by atoms with E-state index >= 15 is 0 Å². The summed E-state index contributed by atoms with van der Waals surface area (Å²) in [6.45, 7) is 0. The summed E-state index contributed by atoms with van der Waals surface area (Å²) in [6, 6.07) is 7.39. The van der Waals surface area contributed by atoms with Gasteiger partial charge in [-0.1, -0.05) is 0 Å². The van der Waals surface area contributed by atoms with Crippen molar-refractivity contribution < 1.29 is 8.17 Å². The minimum absolute atomic E-state index is 0.226. The molecule has 0 bridgehead atoms. The monoisotopic (exact) mass is 442 g/mol. The van der Waals surface area contributed by atoms with E-state index in [2.05, 4.69) is 31.9 Å². The van der Waals surface area contributed by atoms with Crippen molar-refractivity contribution in [2.75, 3.05) is 0 Å². The maximum absolute atomic E-state index is 9.55. The van der Waals surface area contributed by atoms with Crippen LogP contribution in [0.3, 0.4) is 0 Å². The lowest BCUT2D eigenvalue weighted by Gasteiger charge is -2.05. The number of halogens is 3. The maximum Gasteiger partial charge on any atom is 0.192 e. The summed E-state index contributed by atoms with van der Waals surface area (Å²) in [5.41, 5.74) is 0. The number of fused-ring (bicyclic) bond motifs is 1. The van der Waals surface area contributed by atoms with Crippen LogP contribution in [0.2, 0.25) is 0 Å². The van der Waals surface area contributed by atoms with Crippen LogP contribution in [0.15, 0.2) is 33.2 Å².